The topological polar surface area (TPSA) is 74.3 Å². The second kappa shape index (κ2) is 4.52. The Labute approximate surface area is 108 Å². The summed E-state index contributed by atoms with van der Waals surface area (Å²) < 4.78 is 8.30. The van der Waals surface area contributed by atoms with E-state index in [0.29, 0.717) is 12.3 Å². The van der Waals surface area contributed by atoms with Crippen molar-refractivity contribution in [2.45, 2.75) is 6.92 Å². The number of pyridine rings is 1. The first-order chi connectivity index (χ1) is 9.28. The van der Waals surface area contributed by atoms with Crippen molar-refractivity contribution in [2.75, 3.05) is 6.61 Å². The number of ether oxygens (including phenoxy) is 1. The summed E-state index contributed by atoms with van der Waals surface area (Å²) in [4.78, 5) is 15.8. The van der Waals surface area contributed by atoms with E-state index in [1.165, 1.54) is 0 Å². The maximum absolute atomic E-state index is 11.6. The molecule has 0 bridgehead atoms. The van der Waals surface area contributed by atoms with Crippen LogP contribution in [0.25, 0.3) is 11.3 Å². The Morgan fingerprint density at radius 1 is 1.37 bits per heavy atom. The largest absolute Gasteiger partial charge is 0.461 e. The Bertz CT molecular complexity index is 717. The number of hydrogen-bond donors (Lipinski definition) is 0. The van der Waals surface area contributed by atoms with Crippen molar-refractivity contribution in [1.29, 1.82) is 0 Å². The molecule has 7 heteroatoms. The van der Waals surface area contributed by atoms with Gasteiger partial charge < -0.3 is 9.14 Å². The van der Waals surface area contributed by atoms with E-state index >= 15 is 0 Å². The van der Waals surface area contributed by atoms with Gasteiger partial charge in [-0.25, -0.2) is 14.5 Å². The van der Waals surface area contributed by atoms with Crippen LogP contribution < -0.4 is 0 Å². The summed E-state index contributed by atoms with van der Waals surface area (Å²) in [6.45, 7) is 2.09. The highest BCUT2D eigenvalue weighted by Crippen LogP contribution is 2.11. The Kier molecular flexibility index (Phi) is 2.71. The molecule has 0 amide bonds. The van der Waals surface area contributed by atoms with Gasteiger partial charge in [0, 0.05) is 12.4 Å². The van der Waals surface area contributed by atoms with Crippen LogP contribution in [-0.4, -0.2) is 37.0 Å². The highest BCUT2D eigenvalue weighted by Gasteiger charge is 2.11. The minimum Gasteiger partial charge on any atom is -0.461 e. The van der Waals surface area contributed by atoms with E-state index in [0.717, 1.165) is 5.69 Å². The molecule has 0 radical (unpaired) electrons. The van der Waals surface area contributed by atoms with Crippen LogP contribution in [0.5, 0.6) is 0 Å². The number of hydrogen-bond acceptors (Lipinski definition) is 5. The molecule has 0 unspecified atom stereocenters. The molecule has 3 aromatic rings. The highest BCUT2D eigenvalue weighted by molar-refractivity contribution is 5.87. The average molecular weight is 257 g/mol. The molecule has 19 heavy (non-hydrogen) atoms. The standard InChI is InChI=1S/C12H11N5O2/c1-2-19-12(18)10-8-16-7-9(3-4-11(16)14-10)17-6-5-13-15-17/h3-8H,2H2,1H3. The van der Waals surface area contributed by atoms with Crippen LogP contribution >= 0.6 is 0 Å². The SMILES string of the molecule is CCOC(=O)c1cn2cc(-n3ccnn3)ccc2n1. The predicted molar refractivity (Wildman–Crippen MR) is 66.1 cm³/mol. The molecular weight excluding hydrogens is 246 g/mol. The molecule has 7 nitrogen and oxygen atoms in total. The van der Waals surface area contributed by atoms with Crippen LogP contribution in [-0.2, 0) is 4.74 Å². The van der Waals surface area contributed by atoms with Crippen molar-refractivity contribution in [3.8, 4) is 5.69 Å². The van der Waals surface area contributed by atoms with E-state index in [-0.39, 0.29) is 5.69 Å². The van der Waals surface area contributed by atoms with Gasteiger partial charge in [-0.3, -0.25) is 0 Å². The lowest BCUT2D eigenvalue weighted by molar-refractivity contribution is 0.0520. The first-order valence-electron chi connectivity index (χ1n) is 5.80. The Morgan fingerprint density at radius 3 is 3.00 bits per heavy atom. The second-order valence-electron chi connectivity index (χ2n) is 3.85. The number of nitrogens with zero attached hydrogens (tertiary/aromatic N) is 5. The van der Waals surface area contributed by atoms with Crippen molar-refractivity contribution in [2.24, 2.45) is 0 Å². The molecule has 0 N–H and O–H groups in total. The van der Waals surface area contributed by atoms with Crippen LogP contribution in [0.4, 0.5) is 0 Å². The van der Waals surface area contributed by atoms with Gasteiger partial charge in [0.15, 0.2) is 5.69 Å². The fraction of sp³-hybridized carbons (Fsp3) is 0.167. The third-order valence-corrected chi connectivity index (χ3v) is 2.61. The van der Waals surface area contributed by atoms with Gasteiger partial charge in [-0.15, -0.1) is 5.10 Å². The number of rotatable bonds is 3. The molecule has 0 atom stereocenters. The molecule has 3 rings (SSSR count). The van der Waals surface area contributed by atoms with Crippen LogP contribution in [0.15, 0.2) is 36.9 Å². The van der Waals surface area contributed by atoms with Crippen molar-refractivity contribution < 1.29 is 9.53 Å². The van der Waals surface area contributed by atoms with Crippen LogP contribution in [0.1, 0.15) is 17.4 Å². The van der Waals surface area contributed by atoms with Crippen molar-refractivity contribution in [3.05, 3.63) is 42.6 Å². The van der Waals surface area contributed by atoms with E-state index in [9.17, 15) is 4.79 Å². The summed E-state index contributed by atoms with van der Waals surface area (Å²) in [7, 11) is 0. The summed E-state index contributed by atoms with van der Waals surface area (Å²) in [5, 5.41) is 7.66. The van der Waals surface area contributed by atoms with Crippen molar-refractivity contribution >= 4 is 11.6 Å². The average Bonchev–Trinajstić information content (AvgIpc) is 3.07. The molecule has 0 saturated heterocycles. The highest BCUT2D eigenvalue weighted by atomic mass is 16.5. The molecule has 0 fully saturated rings. The molecule has 0 aromatic carbocycles. The lowest BCUT2D eigenvalue weighted by Crippen LogP contribution is -2.04. The van der Waals surface area contributed by atoms with Gasteiger partial charge in [0.2, 0.25) is 0 Å². The summed E-state index contributed by atoms with van der Waals surface area (Å²) >= 11 is 0. The molecule has 0 aliphatic rings. The quantitative estimate of drug-likeness (QED) is 0.657. The number of esters is 1. The third-order valence-electron chi connectivity index (χ3n) is 2.61. The molecule has 3 aromatic heterocycles. The van der Waals surface area contributed by atoms with Crippen LogP contribution in [0, 0.1) is 0 Å². The predicted octanol–water partition coefficient (Wildman–Crippen LogP) is 1.09. The van der Waals surface area contributed by atoms with Crippen LogP contribution in [0.3, 0.4) is 0 Å². The van der Waals surface area contributed by atoms with E-state index in [4.69, 9.17) is 4.74 Å². The number of carbonyl (C=O) groups is 1. The third kappa shape index (κ3) is 2.05. The first kappa shape index (κ1) is 11.4. The zero-order valence-electron chi connectivity index (χ0n) is 10.2. The van der Waals surface area contributed by atoms with Gasteiger partial charge in [-0.2, -0.15) is 0 Å². The first-order valence-corrected chi connectivity index (χ1v) is 5.80. The monoisotopic (exact) mass is 257 g/mol. The summed E-state index contributed by atoms with van der Waals surface area (Å²) in [6, 6.07) is 3.66. The minimum absolute atomic E-state index is 0.289. The molecule has 0 saturated carbocycles. The smallest absolute Gasteiger partial charge is 0.358 e. The second-order valence-corrected chi connectivity index (χ2v) is 3.85. The molecule has 96 valence electrons. The minimum atomic E-state index is -0.423. The van der Waals surface area contributed by atoms with Gasteiger partial charge in [-0.05, 0) is 19.1 Å². The molecule has 0 aliphatic carbocycles. The van der Waals surface area contributed by atoms with Crippen molar-refractivity contribution in [1.82, 2.24) is 24.4 Å². The summed E-state index contributed by atoms with van der Waals surface area (Å²) in [6.07, 6.45) is 6.79. The Hall–Kier alpha value is -2.70. The Balaban J connectivity index is 2.02. The van der Waals surface area contributed by atoms with Gasteiger partial charge in [0.1, 0.15) is 5.65 Å². The fourth-order valence-electron chi connectivity index (χ4n) is 1.76. The normalized spacial score (nSPS) is 10.8. The summed E-state index contributed by atoms with van der Waals surface area (Å²) in [5.41, 5.74) is 1.79. The van der Waals surface area contributed by atoms with Gasteiger partial charge in [-0.1, -0.05) is 5.21 Å². The van der Waals surface area contributed by atoms with Gasteiger partial charge in [0.25, 0.3) is 0 Å². The lowest BCUT2D eigenvalue weighted by atomic mass is 10.4. The Morgan fingerprint density at radius 2 is 2.26 bits per heavy atom. The van der Waals surface area contributed by atoms with Gasteiger partial charge in [0.05, 0.1) is 24.7 Å². The molecular formula is C12H11N5O2. The number of imidazole rings is 1. The van der Waals surface area contributed by atoms with E-state index in [1.54, 1.807) is 40.7 Å². The number of carbonyl (C=O) groups excluding carboxylic acids is 1. The van der Waals surface area contributed by atoms with E-state index in [1.807, 2.05) is 12.3 Å². The van der Waals surface area contributed by atoms with Crippen LogP contribution in [0.2, 0.25) is 0 Å². The molecule has 3 heterocycles. The number of aromatic nitrogens is 5. The zero-order chi connectivity index (χ0) is 13.2. The lowest BCUT2D eigenvalue weighted by Gasteiger charge is -2.00. The fourth-order valence-corrected chi connectivity index (χ4v) is 1.76. The van der Waals surface area contributed by atoms with Gasteiger partial charge >= 0.3 is 5.97 Å². The summed E-state index contributed by atoms with van der Waals surface area (Å²) in [5.74, 6) is -0.423. The zero-order valence-corrected chi connectivity index (χ0v) is 10.2. The molecule has 0 spiro atoms. The maximum atomic E-state index is 11.6. The number of fused-ring (bicyclic) bond motifs is 1. The maximum Gasteiger partial charge on any atom is 0.358 e. The van der Waals surface area contributed by atoms with E-state index < -0.39 is 5.97 Å². The van der Waals surface area contributed by atoms with Crippen molar-refractivity contribution in [3.63, 3.8) is 0 Å². The van der Waals surface area contributed by atoms with E-state index in [2.05, 4.69) is 15.3 Å². The molecule has 0 aliphatic heterocycles.